The Balaban J connectivity index is 2.52. The van der Waals surface area contributed by atoms with Gasteiger partial charge in [-0.15, -0.1) is 0 Å². The van der Waals surface area contributed by atoms with Crippen LogP contribution in [-0.4, -0.2) is 42.6 Å². The number of nitro benzene ring substituents is 1. The molecule has 0 unspecified atom stereocenters. The number of benzene rings is 1. The van der Waals surface area contributed by atoms with Gasteiger partial charge >= 0.3 is 0 Å². The van der Waals surface area contributed by atoms with Gasteiger partial charge in [-0.1, -0.05) is 0 Å². The van der Waals surface area contributed by atoms with Gasteiger partial charge in [-0.3, -0.25) is 25.0 Å². The number of nitrogens with one attached hydrogen (secondary N) is 1. The third kappa shape index (κ3) is 2.83. The molecule has 21 heavy (non-hydrogen) atoms. The number of carbonyl (C=O) groups is 2. The number of piperazine rings is 1. The number of rotatable bonds is 3. The number of imide groups is 1. The number of nitrogens with zero attached hydrogens (tertiary/aromatic N) is 2. The average Bonchev–Trinajstić information content (AvgIpc) is 2.37. The van der Waals surface area contributed by atoms with Crippen LogP contribution >= 0.6 is 0 Å². The van der Waals surface area contributed by atoms with Gasteiger partial charge in [-0.05, 0) is 12.1 Å². The summed E-state index contributed by atoms with van der Waals surface area (Å²) in [6.07, 6.45) is 0. The summed E-state index contributed by atoms with van der Waals surface area (Å²) in [5.41, 5.74) is 4.71. The summed E-state index contributed by atoms with van der Waals surface area (Å²) in [4.78, 5) is 31.9. The molecule has 1 fully saturated rings. The zero-order valence-corrected chi connectivity index (χ0v) is 11.3. The number of nitrogens with two attached hydrogens (primary N) is 1. The summed E-state index contributed by atoms with van der Waals surface area (Å²) in [6.45, 7) is -1.18. The van der Waals surface area contributed by atoms with Gasteiger partial charge in [0.2, 0.25) is 11.8 Å². The molecule has 1 aliphatic heterocycles. The SMILES string of the molecule is Nc1ccc(S(=O)(=O)N2CC(=O)NC(=O)C2)c([N+](=O)[O-])c1. The van der Waals surface area contributed by atoms with Crippen molar-refractivity contribution in [2.45, 2.75) is 4.90 Å². The van der Waals surface area contributed by atoms with Crippen molar-refractivity contribution in [1.82, 2.24) is 9.62 Å². The van der Waals surface area contributed by atoms with Gasteiger partial charge in [0.1, 0.15) is 0 Å². The Hall–Kier alpha value is -2.53. The number of hydrogen-bond acceptors (Lipinski definition) is 7. The van der Waals surface area contributed by atoms with Crippen molar-refractivity contribution in [3.63, 3.8) is 0 Å². The Bertz CT molecular complexity index is 728. The first-order chi connectivity index (χ1) is 9.71. The van der Waals surface area contributed by atoms with Gasteiger partial charge in [0.25, 0.3) is 15.7 Å². The van der Waals surface area contributed by atoms with E-state index in [1.165, 1.54) is 6.07 Å². The molecule has 0 aromatic heterocycles. The average molecular weight is 314 g/mol. The number of hydrogen-bond donors (Lipinski definition) is 2. The summed E-state index contributed by atoms with van der Waals surface area (Å²) in [7, 11) is -4.37. The molecule has 0 radical (unpaired) electrons. The molecule has 10 nitrogen and oxygen atoms in total. The molecule has 1 aromatic rings. The minimum Gasteiger partial charge on any atom is -0.399 e. The summed E-state index contributed by atoms with van der Waals surface area (Å²) >= 11 is 0. The lowest BCUT2D eigenvalue weighted by Crippen LogP contribution is -2.53. The number of nitro groups is 1. The van der Waals surface area contributed by atoms with E-state index in [1.807, 2.05) is 5.32 Å². The first-order valence-electron chi connectivity index (χ1n) is 5.58. The lowest BCUT2D eigenvalue weighted by atomic mass is 10.3. The molecule has 0 saturated carbocycles. The zero-order chi connectivity index (χ0) is 15.8. The highest BCUT2D eigenvalue weighted by atomic mass is 32.2. The maximum absolute atomic E-state index is 12.4. The third-order valence-corrected chi connectivity index (χ3v) is 4.56. The second-order valence-corrected chi connectivity index (χ2v) is 6.14. The second-order valence-electron chi connectivity index (χ2n) is 4.23. The van der Waals surface area contributed by atoms with Crippen LogP contribution in [0.5, 0.6) is 0 Å². The molecule has 0 aliphatic carbocycles. The minimum atomic E-state index is -4.37. The highest BCUT2D eigenvalue weighted by Gasteiger charge is 2.36. The molecule has 2 amide bonds. The van der Waals surface area contributed by atoms with Crippen molar-refractivity contribution in [3.05, 3.63) is 28.3 Å². The van der Waals surface area contributed by atoms with E-state index in [4.69, 9.17) is 5.73 Å². The number of nitrogen functional groups attached to an aromatic ring is 1. The topological polar surface area (TPSA) is 153 Å². The van der Waals surface area contributed by atoms with Crippen LogP contribution in [-0.2, 0) is 19.6 Å². The molecular weight excluding hydrogens is 304 g/mol. The quantitative estimate of drug-likeness (QED) is 0.308. The van der Waals surface area contributed by atoms with E-state index in [0.717, 1.165) is 12.1 Å². The monoisotopic (exact) mass is 314 g/mol. The molecule has 11 heteroatoms. The van der Waals surface area contributed by atoms with Crippen LogP contribution in [0.15, 0.2) is 23.1 Å². The molecule has 3 N–H and O–H groups in total. The molecule has 1 saturated heterocycles. The van der Waals surface area contributed by atoms with E-state index < -0.39 is 50.4 Å². The van der Waals surface area contributed by atoms with Gasteiger partial charge in [0, 0.05) is 11.8 Å². The van der Waals surface area contributed by atoms with Gasteiger partial charge < -0.3 is 5.73 Å². The van der Waals surface area contributed by atoms with Crippen molar-refractivity contribution in [2.75, 3.05) is 18.8 Å². The number of anilines is 1. The van der Waals surface area contributed by atoms with E-state index in [0.29, 0.717) is 4.31 Å². The van der Waals surface area contributed by atoms with Crippen molar-refractivity contribution in [3.8, 4) is 0 Å². The van der Waals surface area contributed by atoms with E-state index >= 15 is 0 Å². The normalized spacial score (nSPS) is 16.6. The molecule has 0 bridgehead atoms. The number of amides is 2. The Morgan fingerprint density at radius 2 is 1.81 bits per heavy atom. The molecular formula is C10H10N4O6S. The number of carbonyl (C=O) groups excluding carboxylic acids is 2. The standard InChI is InChI=1S/C10H10N4O6S/c11-6-1-2-8(7(3-6)14(17)18)21(19,20)13-4-9(15)12-10(16)5-13/h1-3H,4-5,11H2,(H,12,15,16). The molecule has 112 valence electrons. The summed E-state index contributed by atoms with van der Waals surface area (Å²) in [6, 6.07) is 3.06. The molecule has 1 aromatic carbocycles. The maximum Gasteiger partial charge on any atom is 0.291 e. The van der Waals surface area contributed by atoms with E-state index in [9.17, 15) is 28.1 Å². The summed E-state index contributed by atoms with van der Waals surface area (Å²) in [5.74, 6) is -1.60. The van der Waals surface area contributed by atoms with Crippen molar-refractivity contribution in [1.29, 1.82) is 0 Å². The van der Waals surface area contributed by atoms with Crippen molar-refractivity contribution >= 4 is 33.2 Å². The van der Waals surface area contributed by atoms with Crippen molar-refractivity contribution < 1.29 is 22.9 Å². The highest BCUT2D eigenvalue weighted by molar-refractivity contribution is 7.89. The van der Waals surface area contributed by atoms with Crippen LogP contribution in [0.3, 0.4) is 0 Å². The Morgan fingerprint density at radius 3 is 2.33 bits per heavy atom. The second kappa shape index (κ2) is 5.10. The fraction of sp³-hybridized carbons (Fsp3) is 0.200. The first-order valence-corrected chi connectivity index (χ1v) is 7.02. The fourth-order valence-electron chi connectivity index (χ4n) is 1.82. The van der Waals surface area contributed by atoms with Gasteiger partial charge in [-0.2, -0.15) is 4.31 Å². The van der Waals surface area contributed by atoms with Crippen LogP contribution in [0.25, 0.3) is 0 Å². The van der Waals surface area contributed by atoms with Crippen LogP contribution in [0.1, 0.15) is 0 Å². The largest absolute Gasteiger partial charge is 0.399 e. The van der Waals surface area contributed by atoms with Gasteiger partial charge in [0.05, 0.1) is 18.0 Å². The van der Waals surface area contributed by atoms with E-state index in [2.05, 4.69) is 0 Å². The summed E-state index contributed by atoms with van der Waals surface area (Å²) < 4.78 is 25.3. The van der Waals surface area contributed by atoms with Crippen LogP contribution < -0.4 is 11.1 Å². The predicted octanol–water partition coefficient (Wildman–Crippen LogP) is -1.18. The fourth-order valence-corrected chi connectivity index (χ4v) is 3.31. The lowest BCUT2D eigenvalue weighted by molar-refractivity contribution is -0.387. The minimum absolute atomic E-state index is 0.0214. The maximum atomic E-state index is 12.4. The molecule has 1 aliphatic rings. The zero-order valence-electron chi connectivity index (χ0n) is 10.5. The Kier molecular flexibility index (Phi) is 3.61. The first kappa shape index (κ1) is 14.9. The lowest BCUT2D eigenvalue weighted by Gasteiger charge is -2.24. The molecule has 2 rings (SSSR count). The van der Waals surface area contributed by atoms with E-state index in [-0.39, 0.29) is 5.69 Å². The Labute approximate surface area is 118 Å². The summed E-state index contributed by atoms with van der Waals surface area (Å²) in [5, 5.41) is 12.9. The molecule has 1 heterocycles. The smallest absolute Gasteiger partial charge is 0.291 e. The van der Waals surface area contributed by atoms with Crippen LogP contribution in [0.2, 0.25) is 0 Å². The Morgan fingerprint density at radius 1 is 1.24 bits per heavy atom. The third-order valence-electron chi connectivity index (χ3n) is 2.72. The van der Waals surface area contributed by atoms with Crippen LogP contribution in [0, 0.1) is 10.1 Å². The predicted molar refractivity (Wildman–Crippen MR) is 69.4 cm³/mol. The van der Waals surface area contributed by atoms with Gasteiger partial charge in [0.15, 0.2) is 4.90 Å². The molecule has 0 spiro atoms. The van der Waals surface area contributed by atoms with Gasteiger partial charge in [-0.25, -0.2) is 8.42 Å². The number of sulfonamides is 1. The van der Waals surface area contributed by atoms with Crippen molar-refractivity contribution in [2.24, 2.45) is 0 Å². The highest BCUT2D eigenvalue weighted by Crippen LogP contribution is 2.28. The van der Waals surface area contributed by atoms with E-state index in [1.54, 1.807) is 0 Å². The van der Waals surface area contributed by atoms with Crippen LogP contribution in [0.4, 0.5) is 11.4 Å². The molecule has 0 atom stereocenters.